The fourth-order valence-corrected chi connectivity index (χ4v) is 4.87. The van der Waals surface area contributed by atoms with Gasteiger partial charge in [-0.05, 0) is 24.1 Å². The third-order valence-corrected chi connectivity index (χ3v) is 7.17. The highest BCUT2D eigenvalue weighted by atomic mass is 79.9. The van der Waals surface area contributed by atoms with Crippen LogP contribution in [0.2, 0.25) is 13.1 Å². The predicted molar refractivity (Wildman–Crippen MR) is 99.7 cm³/mol. The van der Waals surface area contributed by atoms with E-state index in [1.54, 1.807) is 0 Å². The Labute approximate surface area is 141 Å². The molecule has 2 aromatic rings. The number of allylic oxidation sites excluding steroid dienone is 4. The number of hydrogen-bond donors (Lipinski definition) is 0. The number of halogens is 1. The second kappa shape index (κ2) is 6.35. The van der Waals surface area contributed by atoms with Crippen LogP contribution in [-0.4, -0.2) is 11.7 Å². The van der Waals surface area contributed by atoms with Gasteiger partial charge in [-0.3, -0.25) is 4.98 Å². The van der Waals surface area contributed by atoms with E-state index in [4.69, 9.17) is 0 Å². The van der Waals surface area contributed by atoms with Crippen molar-refractivity contribution < 1.29 is 0 Å². The molecular formula is C19H20BrNSi. The van der Waals surface area contributed by atoms with E-state index in [1.807, 2.05) is 12.3 Å². The first-order valence-corrected chi connectivity index (χ1v) is 12.9. The molecule has 0 N–H and O–H groups in total. The van der Waals surface area contributed by atoms with Gasteiger partial charge in [0.25, 0.3) is 0 Å². The standard InChI is InChI=1S/C19H20BrNSi/c1-22(2,20)17-12-11-16(14-17)19(15-8-4-3-5-9-15)18-10-6-7-13-21-18/h3-10,12-14,19H,11H2,1-2H3. The largest absolute Gasteiger partial charge is 0.260 e. The molecule has 0 amide bonds. The highest BCUT2D eigenvalue weighted by molar-refractivity contribution is 9.26. The Morgan fingerprint density at radius 1 is 1.05 bits per heavy atom. The Hall–Kier alpha value is -1.45. The van der Waals surface area contributed by atoms with Gasteiger partial charge in [0, 0.05) is 12.1 Å². The normalized spacial score (nSPS) is 16.1. The summed E-state index contributed by atoms with van der Waals surface area (Å²) in [6.07, 6.45) is 7.69. The summed E-state index contributed by atoms with van der Waals surface area (Å²) in [6, 6.07) is 16.9. The van der Waals surface area contributed by atoms with Crippen molar-refractivity contribution in [2.75, 3.05) is 0 Å². The summed E-state index contributed by atoms with van der Waals surface area (Å²) < 4.78 is 0. The lowest BCUT2D eigenvalue weighted by Gasteiger charge is -2.19. The van der Waals surface area contributed by atoms with Gasteiger partial charge in [-0.25, -0.2) is 0 Å². The van der Waals surface area contributed by atoms with Crippen LogP contribution in [0.25, 0.3) is 0 Å². The second-order valence-electron chi connectivity index (χ2n) is 6.15. The maximum atomic E-state index is 4.62. The molecule has 1 heterocycles. The number of nitrogens with zero attached hydrogens (tertiary/aromatic N) is 1. The molecule has 1 nitrogen and oxygen atoms in total. The first-order valence-electron chi connectivity index (χ1n) is 7.61. The summed E-state index contributed by atoms with van der Waals surface area (Å²) in [5.74, 6) is 0.250. The average Bonchev–Trinajstić information content (AvgIpc) is 2.99. The maximum Gasteiger partial charge on any atom is 0.154 e. The molecule has 0 saturated heterocycles. The van der Waals surface area contributed by atoms with Crippen LogP contribution in [0.1, 0.15) is 23.6 Å². The number of pyridine rings is 1. The van der Waals surface area contributed by atoms with Crippen molar-refractivity contribution in [1.29, 1.82) is 0 Å². The monoisotopic (exact) mass is 369 g/mol. The number of benzene rings is 1. The van der Waals surface area contributed by atoms with E-state index < -0.39 is 6.69 Å². The van der Waals surface area contributed by atoms with Crippen LogP contribution < -0.4 is 0 Å². The minimum absolute atomic E-state index is 0.250. The Bertz CT molecular complexity index is 660. The van der Waals surface area contributed by atoms with Crippen molar-refractivity contribution in [3.63, 3.8) is 0 Å². The predicted octanol–water partition coefficient (Wildman–Crippen LogP) is 5.61. The van der Waals surface area contributed by atoms with Gasteiger partial charge in [-0.2, -0.15) is 0 Å². The van der Waals surface area contributed by atoms with E-state index in [1.165, 1.54) is 16.3 Å². The van der Waals surface area contributed by atoms with E-state index >= 15 is 0 Å². The zero-order valence-corrected chi connectivity index (χ0v) is 15.5. The van der Waals surface area contributed by atoms with E-state index in [-0.39, 0.29) is 5.92 Å². The molecule has 1 aromatic heterocycles. The summed E-state index contributed by atoms with van der Waals surface area (Å²) in [5.41, 5.74) is 3.89. The molecular weight excluding hydrogens is 350 g/mol. The smallest absolute Gasteiger partial charge is 0.154 e. The summed E-state index contributed by atoms with van der Waals surface area (Å²) in [5, 5.41) is 1.49. The summed E-state index contributed by atoms with van der Waals surface area (Å²) >= 11 is 3.90. The number of hydrogen-bond acceptors (Lipinski definition) is 1. The van der Waals surface area contributed by atoms with Crippen LogP contribution >= 0.6 is 15.3 Å². The van der Waals surface area contributed by atoms with Gasteiger partial charge in [0.15, 0.2) is 6.69 Å². The third-order valence-electron chi connectivity index (χ3n) is 4.07. The van der Waals surface area contributed by atoms with Crippen molar-refractivity contribution in [2.45, 2.75) is 25.4 Å². The highest BCUT2D eigenvalue weighted by Crippen LogP contribution is 2.39. The molecule has 1 unspecified atom stereocenters. The maximum absolute atomic E-state index is 4.62. The Kier molecular flexibility index (Phi) is 4.46. The topological polar surface area (TPSA) is 12.9 Å². The fourth-order valence-electron chi connectivity index (χ4n) is 2.93. The van der Waals surface area contributed by atoms with E-state index in [2.05, 4.69) is 88.0 Å². The lowest BCUT2D eigenvalue weighted by molar-refractivity contribution is 0.875. The molecule has 0 bridgehead atoms. The van der Waals surface area contributed by atoms with Crippen molar-refractivity contribution in [3.05, 3.63) is 88.9 Å². The molecule has 0 fully saturated rings. The minimum atomic E-state index is -1.44. The van der Waals surface area contributed by atoms with Crippen molar-refractivity contribution in [2.24, 2.45) is 0 Å². The van der Waals surface area contributed by atoms with E-state index in [0.29, 0.717) is 0 Å². The Balaban J connectivity index is 2.02. The molecule has 1 atom stereocenters. The first-order chi connectivity index (χ1) is 10.6. The van der Waals surface area contributed by atoms with Crippen LogP contribution in [0.5, 0.6) is 0 Å². The van der Waals surface area contributed by atoms with Crippen molar-refractivity contribution in [1.82, 2.24) is 4.98 Å². The van der Waals surface area contributed by atoms with E-state index in [0.717, 1.165) is 12.1 Å². The summed E-state index contributed by atoms with van der Waals surface area (Å²) in [7, 11) is 0. The molecule has 1 aliphatic rings. The summed E-state index contributed by atoms with van der Waals surface area (Å²) in [6.45, 7) is 3.22. The van der Waals surface area contributed by atoms with Crippen LogP contribution in [-0.2, 0) is 0 Å². The summed E-state index contributed by atoms with van der Waals surface area (Å²) in [4.78, 5) is 4.62. The lowest BCUT2D eigenvalue weighted by atomic mass is 9.87. The van der Waals surface area contributed by atoms with Crippen molar-refractivity contribution >= 4 is 22.0 Å². The fraction of sp³-hybridized carbons (Fsp3) is 0.211. The molecule has 0 radical (unpaired) electrons. The highest BCUT2D eigenvalue weighted by Gasteiger charge is 2.28. The molecule has 0 saturated carbocycles. The van der Waals surface area contributed by atoms with Crippen LogP contribution in [0.15, 0.2) is 77.6 Å². The van der Waals surface area contributed by atoms with E-state index in [9.17, 15) is 0 Å². The molecule has 1 aliphatic carbocycles. The molecule has 3 heteroatoms. The van der Waals surface area contributed by atoms with Crippen LogP contribution in [0.4, 0.5) is 0 Å². The Morgan fingerprint density at radius 2 is 1.77 bits per heavy atom. The molecule has 0 aliphatic heterocycles. The van der Waals surface area contributed by atoms with Gasteiger partial charge in [0.05, 0.1) is 5.69 Å². The van der Waals surface area contributed by atoms with Gasteiger partial charge in [0.1, 0.15) is 0 Å². The first kappa shape index (κ1) is 15.4. The second-order valence-corrected chi connectivity index (χ2v) is 15.6. The van der Waals surface area contributed by atoms with Crippen LogP contribution in [0, 0.1) is 0 Å². The zero-order valence-electron chi connectivity index (χ0n) is 13.0. The third kappa shape index (κ3) is 3.31. The van der Waals surface area contributed by atoms with Gasteiger partial charge < -0.3 is 0 Å². The molecule has 3 rings (SSSR count). The average molecular weight is 370 g/mol. The SMILES string of the molecule is C[Si](C)(Br)C1=CCC(C(c2ccccc2)c2ccccn2)=C1. The number of rotatable bonds is 4. The molecule has 112 valence electrons. The molecule has 0 spiro atoms. The molecule has 1 aromatic carbocycles. The van der Waals surface area contributed by atoms with Gasteiger partial charge in [-0.15, -0.1) is 15.3 Å². The lowest BCUT2D eigenvalue weighted by Crippen LogP contribution is -2.17. The molecule has 22 heavy (non-hydrogen) atoms. The Morgan fingerprint density at radius 3 is 2.36 bits per heavy atom. The minimum Gasteiger partial charge on any atom is -0.260 e. The van der Waals surface area contributed by atoms with Gasteiger partial charge >= 0.3 is 0 Å². The van der Waals surface area contributed by atoms with Crippen LogP contribution in [0.3, 0.4) is 0 Å². The quantitative estimate of drug-likeness (QED) is 0.504. The van der Waals surface area contributed by atoms with Crippen molar-refractivity contribution in [3.8, 4) is 0 Å². The van der Waals surface area contributed by atoms with Gasteiger partial charge in [-0.1, -0.05) is 72.4 Å². The number of aromatic nitrogens is 1. The zero-order chi connectivity index (χ0) is 15.6. The van der Waals surface area contributed by atoms with Gasteiger partial charge in [0.2, 0.25) is 0 Å².